The Morgan fingerprint density at radius 2 is 1.77 bits per heavy atom. The third-order valence-electron chi connectivity index (χ3n) is 1.62. The molecule has 0 fully saturated rings. The van der Waals surface area contributed by atoms with E-state index in [1.54, 1.807) is 19.1 Å². The fourth-order valence-electron chi connectivity index (χ4n) is 0.864. The third-order valence-corrected chi connectivity index (χ3v) is 1.62. The molecule has 0 bridgehead atoms. The molecule has 76 valence electrons. The molecule has 1 amide bonds. The minimum absolute atomic E-state index is 0.0888. The van der Waals surface area contributed by atoms with Gasteiger partial charge in [-0.1, -0.05) is 6.58 Å². The van der Waals surface area contributed by atoms with Gasteiger partial charge in [0.05, 0.1) is 13.2 Å². The van der Waals surface area contributed by atoms with Gasteiger partial charge in [-0.25, -0.2) is 0 Å². The predicted molar refractivity (Wildman–Crippen MR) is 50.5 cm³/mol. The summed E-state index contributed by atoms with van der Waals surface area (Å²) >= 11 is 0. The van der Waals surface area contributed by atoms with Crippen LogP contribution in [0, 0.1) is 0 Å². The van der Waals surface area contributed by atoms with Crippen LogP contribution >= 0.6 is 0 Å². The Labute approximate surface area is 79.1 Å². The van der Waals surface area contributed by atoms with Gasteiger partial charge in [0.25, 0.3) is 0 Å². The summed E-state index contributed by atoms with van der Waals surface area (Å²) in [6.07, 6.45) is 1.30. The molecule has 0 saturated heterocycles. The molecule has 0 N–H and O–H groups in total. The number of carbonyl (C=O) groups excluding carboxylic acids is 1. The number of rotatable bonds is 7. The van der Waals surface area contributed by atoms with Gasteiger partial charge < -0.3 is 14.4 Å². The molecule has 4 nitrogen and oxygen atoms in total. The Morgan fingerprint density at radius 1 is 1.31 bits per heavy atom. The van der Waals surface area contributed by atoms with E-state index in [0.717, 1.165) is 0 Å². The lowest BCUT2D eigenvalue weighted by Crippen LogP contribution is -2.35. The van der Waals surface area contributed by atoms with Crippen LogP contribution in [0.4, 0.5) is 0 Å². The number of methoxy groups -OCH3 is 2. The Kier molecular flexibility index (Phi) is 7.24. The number of hydrogen-bond acceptors (Lipinski definition) is 3. The zero-order valence-corrected chi connectivity index (χ0v) is 8.28. The van der Waals surface area contributed by atoms with Crippen molar-refractivity contribution in [3.05, 3.63) is 12.7 Å². The Hall–Kier alpha value is -0.870. The van der Waals surface area contributed by atoms with Crippen LogP contribution in [0.5, 0.6) is 0 Å². The van der Waals surface area contributed by atoms with Crippen molar-refractivity contribution in [3.63, 3.8) is 0 Å². The van der Waals surface area contributed by atoms with Gasteiger partial charge in [-0.15, -0.1) is 0 Å². The summed E-state index contributed by atoms with van der Waals surface area (Å²) in [5.41, 5.74) is 0. The van der Waals surface area contributed by atoms with Crippen molar-refractivity contribution in [1.82, 2.24) is 4.90 Å². The van der Waals surface area contributed by atoms with E-state index in [4.69, 9.17) is 9.47 Å². The average Bonchev–Trinajstić information content (AvgIpc) is 2.17. The number of hydrogen-bond donors (Lipinski definition) is 0. The molecule has 0 aromatic rings. The summed E-state index contributed by atoms with van der Waals surface area (Å²) in [4.78, 5) is 12.9. The standard InChI is InChI=1S/C9H17NO3/c1-4-9(11)10(5-7-12-2)6-8-13-3/h4H,1,5-8H2,2-3H3. The van der Waals surface area contributed by atoms with Crippen LogP contribution < -0.4 is 0 Å². The maximum atomic E-state index is 11.2. The molecule has 0 atom stereocenters. The zero-order valence-electron chi connectivity index (χ0n) is 8.28. The highest BCUT2D eigenvalue weighted by molar-refractivity contribution is 5.86. The van der Waals surface area contributed by atoms with E-state index in [9.17, 15) is 4.79 Å². The predicted octanol–water partition coefficient (Wildman–Crippen LogP) is 0.294. The average molecular weight is 187 g/mol. The number of ether oxygens (including phenoxy) is 2. The minimum atomic E-state index is -0.0888. The summed E-state index contributed by atoms with van der Waals surface area (Å²) in [6.45, 7) is 5.64. The Bertz CT molecular complexity index is 151. The Balaban J connectivity index is 3.86. The summed E-state index contributed by atoms with van der Waals surface area (Å²) < 4.78 is 9.76. The molecule has 0 aromatic heterocycles. The van der Waals surface area contributed by atoms with Crippen LogP contribution in [0.25, 0.3) is 0 Å². The fourth-order valence-corrected chi connectivity index (χ4v) is 0.864. The first-order valence-corrected chi connectivity index (χ1v) is 4.15. The second-order valence-electron chi connectivity index (χ2n) is 2.52. The fraction of sp³-hybridized carbons (Fsp3) is 0.667. The van der Waals surface area contributed by atoms with Gasteiger partial charge in [0.1, 0.15) is 0 Å². The van der Waals surface area contributed by atoms with E-state index in [1.165, 1.54) is 6.08 Å². The molecule has 4 heteroatoms. The van der Waals surface area contributed by atoms with Crippen LogP contribution in [0.2, 0.25) is 0 Å². The van der Waals surface area contributed by atoms with Crippen LogP contribution in [0.15, 0.2) is 12.7 Å². The van der Waals surface area contributed by atoms with Crippen LogP contribution in [-0.4, -0.2) is 51.3 Å². The molecule has 13 heavy (non-hydrogen) atoms. The molecule has 0 saturated carbocycles. The molecule has 0 spiro atoms. The largest absolute Gasteiger partial charge is 0.383 e. The van der Waals surface area contributed by atoms with Crippen molar-refractivity contribution >= 4 is 5.91 Å². The zero-order chi connectivity index (χ0) is 10.1. The van der Waals surface area contributed by atoms with Crippen molar-refractivity contribution in [2.75, 3.05) is 40.5 Å². The maximum Gasteiger partial charge on any atom is 0.246 e. The lowest BCUT2D eigenvalue weighted by Gasteiger charge is -2.19. The minimum Gasteiger partial charge on any atom is -0.383 e. The second kappa shape index (κ2) is 7.76. The number of carbonyl (C=O) groups is 1. The monoisotopic (exact) mass is 187 g/mol. The number of nitrogens with zero attached hydrogens (tertiary/aromatic N) is 1. The normalized spacial score (nSPS) is 9.69. The van der Waals surface area contributed by atoms with Gasteiger partial charge in [-0.05, 0) is 6.08 Å². The topological polar surface area (TPSA) is 38.8 Å². The molecule has 0 aromatic carbocycles. The first-order valence-electron chi connectivity index (χ1n) is 4.15. The van der Waals surface area contributed by atoms with Crippen molar-refractivity contribution in [2.45, 2.75) is 0 Å². The van der Waals surface area contributed by atoms with E-state index in [-0.39, 0.29) is 5.91 Å². The van der Waals surface area contributed by atoms with E-state index < -0.39 is 0 Å². The molecule has 0 aliphatic heterocycles. The molecule has 0 unspecified atom stereocenters. The van der Waals surface area contributed by atoms with Crippen molar-refractivity contribution in [3.8, 4) is 0 Å². The molecule has 0 aliphatic rings. The quantitative estimate of drug-likeness (QED) is 0.538. The van der Waals surface area contributed by atoms with Crippen LogP contribution in [-0.2, 0) is 14.3 Å². The Morgan fingerprint density at radius 3 is 2.08 bits per heavy atom. The van der Waals surface area contributed by atoms with E-state index in [0.29, 0.717) is 26.3 Å². The molecule has 0 radical (unpaired) electrons. The molecular formula is C9H17NO3. The molecular weight excluding hydrogens is 170 g/mol. The summed E-state index contributed by atoms with van der Waals surface area (Å²) in [7, 11) is 3.21. The van der Waals surface area contributed by atoms with Crippen molar-refractivity contribution in [1.29, 1.82) is 0 Å². The lowest BCUT2D eigenvalue weighted by atomic mass is 10.4. The second-order valence-corrected chi connectivity index (χ2v) is 2.52. The lowest BCUT2D eigenvalue weighted by molar-refractivity contribution is -0.127. The summed E-state index contributed by atoms with van der Waals surface area (Å²) in [6, 6.07) is 0. The van der Waals surface area contributed by atoms with E-state index in [2.05, 4.69) is 6.58 Å². The molecule has 0 rings (SSSR count). The SMILES string of the molecule is C=CC(=O)N(CCOC)CCOC. The van der Waals surface area contributed by atoms with E-state index >= 15 is 0 Å². The van der Waals surface area contributed by atoms with Crippen molar-refractivity contribution < 1.29 is 14.3 Å². The highest BCUT2D eigenvalue weighted by atomic mass is 16.5. The first-order chi connectivity index (χ1) is 6.26. The van der Waals surface area contributed by atoms with Gasteiger partial charge in [0.2, 0.25) is 5.91 Å². The van der Waals surface area contributed by atoms with E-state index in [1.807, 2.05) is 0 Å². The van der Waals surface area contributed by atoms with Gasteiger partial charge in [-0.2, -0.15) is 0 Å². The van der Waals surface area contributed by atoms with Gasteiger partial charge in [0.15, 0.2) is 0 Å². The molecule has 0 aliphatic carbocycles. The van der Waals surface area contributed by atoms with Crippen LogP contribution in [0.3, 0.4) is 0 Å². The number of amides is 1. The first kappa shape index (κ1) is 12.1. The van der Waals surface area contributed by atoms with Gasteiger partial charge in [0, 0.05) is 27.3 Å². The molecule has 0 heterocycles. The maximum absolute atomic E-state index is 11.2. The highest BCUT2D eigenvalue weighted by Crippen LogP contribution is 1.91. The third kappa shape index (κ3) is 5.38. The van der Waals surface area contributed by atoms with Crippen molar-refractivity contribution in [2.24, 2.45) is 0 Å². The smallest absolute Gasteiger partial charge is 0.246 e. The van der Waals surface area contributed by atoms with Gasteiger partial charge >= 0.3 is 0 Å². The summed E-state index contributed by atoms with van der Waals surface area (Å²) in [5, 5.41) is 0. The van der Waals surface area contributed by atoms with Crippen LogP contribution in [0.1, 0.15) is 0 Å². The summed E-state index contributed by atoms with van der Waals surface area (Å²) in [5.74, 6) is -0.0888. The van der Waals surface area contributed by atoms with Gasteiger partial charge in [-0.3, -0.25) is 4.79 Å². The highest BCUT2D eigenvalue weighted by Gasteiger charge is 2.08.